The lowest BCUT2D eigenvalue weighted by atomic mass is 10.2. The molecule has 0 unspecified atom stereocenters. The number of rotatable bonds is 5. The molecule has 0 fully saturated rings. The Morgan fingerprint density at radius 2 is 1.80 bits per heavy atom. The van der Waals surface area contributed by atoms with Gasteiger partial charge in [0.1, 0.15) is 0 Å². The topological polar surface area (TPSA) is 46.2 Å². The van der Waals surface area contributed by atoms with Crippen molar-refractivity contribution in [3.63, 3.8) is 0 Å². The molecule has 0 spiro atoms. The molecule has 0 heterocycles. The van der Waals surface area contributed by atoms with Crippen molar-refractivity contribution in [1.29, 1.82) is 0 Å². The van der Waals surface area contributed by atoms with Gasteiger partial charge in [0.05, 0.1) is 5.75 Å². The predicted molar refractivity (Wildman–Crippen MR) is 82.2 cm³/mol. The minimum absolute atomic E-state index is 0.0977. The number of Topliss-reactive ketones (excluding diaryl/α,β-unsaturated/α-hetero) is 1. The molecule has 20 heavy (non-hydrogen) atoms. The van der Waals surface area contributed by atoms with E-state index in [1.54, 1.807) is 0 Å². The minimum atomic E-state index is -0.104. The van der Waals surface area contributed by atoms with E-state index in [4.69, 9.17) is 0 Å². The van der Waals surface area contributed by atoms with Crippen LogP contribution in [0.25, 0.3) is 0 Å². The summed E-state index contributed by atoms with van der Waals surface area (Å²) in [7, 11) is 0. The zero-order chi connectivity index (χ0) is 14.4. The van der Waals surface area contributed by atoms with E-state index in [1.807, 2.05) is 54.6 Å². The summed E-state index contributed by atoms with van der Waals surface area (Å²) < 4.78 is 0. The van der Waals surface area contributed by atoms with Crippen LogP contribution in [0.15, 0.2) is 59.5 Å². The van der Waals surface area contributed by atoms with Crippen molar-refractivity contribution >= 4 is 29.1 Å². The van der Waals surface area contributed by atoms with E-state index in [0.29, 0.717) is 5.75 Å². The second-order valence-electron chi connectivity index (χ2n) is 4.29. The maximum absolute atomic E-state index is 12.0. The molecular weight excluding hydrogens is 270 g/mol. The number of hydrogen-bond acceptors (Lipinski definition) is 3. The number of amides is 1. The molecule has 0 atom stereocenters. The lowest BCUT2D eigenvalue weighted by molar-refractivity contribution is -0.114. The van der Waals surface area contributed by atoms with E-state index < -0.39 is 0 Å². The maximum atomic E-state index is 12.0. The number of ketones is 1. The molecule has 1 N–H and O–H groups in total. The molecular formula is C16H15NO2S. The molecule has 2 rings (SSSR count). The number of benzene rings is 2. The maximum Gasteiger partial charge on any atom is 0.221 e. The highest BCUT2D eigenvalue weighted by molar-refractivity contribution is 8.00. The lowest BCUT2D eigenvalue weighted by Gasteiger charge is -2.05. The molecule has 2 aromatic rings. The van der Waals surface area contributed by atoms with Crippen LogP contribution in [-0.2, 0) is 4.79 Å². The third-order valence-electron chi connectivity index (χ3n) is 2.62. The van der Waals surface area contributed by atoms with Gasteiger partial charge in [-0.25, -0.2) is 0 Å². The first kappa shape index (κ1) is 14.3. The Morgan fingerprint density at radius 1 is 1.05 bits per heavy atom. The Hall–Kier alpha value is -2.07. The van der Waals surface area contributed by atoms with Crippen LogP contribution in [0.4, 0.5) is 5.69 Å². The molecule has 3 nitrogen and oxygen atoms in total. The third-order valence-corrected chi connectivity index (χ3v) is 3.61. The number of carbonyl (C=O) groups excluding carboxylic acids is 2. The van der Waals surface area contributed by atoms with Crippen LogP contribution in [-0.4, -0.2) is 17.4 Å². The van der Waals surface area contributed by atoms with Crippen molar-refractivity contribution in [2.24, 2.45) is 0 Å². The fourth-order valence-corrected chi connectivity index (χ4v) is 2.57. The first-order chi connectivity index (χ1) is 9.65. The van der Waals surface area contributed by atoms with Gasteiger partial charge in [-0.05, 0) is 18.2 Å². The van der Waals surface area contributed by atoms with Crippen molar-refractivity contribution in [2.45, 2.75) is 11.8 Å². The molecule has 0 aromatic heterocycles. The summed E-state index contributed by atoms with van der Waals surface area (Å²) in [6.45, 7) is 1.47. The first-order valence-electron chi connectivity index (χ1n) is 6.24. The third kappa shape index (κ3) is 4.24. The Morgan fingerprint density at radius 3 is 2.50 bits per heavy atom. The fourth-order valence-electron chi connectivity index (χ4n) is 1.72. The van der Waals surface area contributed by atoms with Gasteiger partial charge in [0.25, 0.3) is 0 Å². The van der Waals surface area contributed by atoms with Gasteiger partial charge in [-0.15, -0.1) is 11.8 Å². The van der Waals surface area contributed by atoms with Crippen LogP contribution >= 0.6 is 11.8 Å². The van der Waals surface area contributed by atoms with Crippen LogP contribution < -0.4 is 5.32 Å². The molecule has 4 heteroatoms. The highest BCUT2D eigenvalue weighted by Gasteiger charge is 2.06. The smallest absolute Gasteiger partial charge is 0.221 e. The number of thioether (sulfide) groups is 1. The van der Waals surface area contributed by atoms with Gasteiger partial charge >= 0.3 is 0 Å². The van der Waals surface area contributed by atoms with Crippen LogP contribution in [0, 0.1) is 0 Å². The van der Waals surface area contributed by atoms with E-state index >= 15 is 0 Å². The normalized spacial score (nSPS) is 10.1. The average Bonchev–Trinajstić information content (AvgIpc) is 2.45. The first-order valence-corrected chi connectivity index (χ1v) is 7.22. The van der Waals surface area contributed by atoms with Crippen LogP contribution in [0.2, 0.25) is 0 Å². The molecule has 0 aliphatic rings. The minimum Gasteiger partial charge on any atom is -0.326 e. The lowest BCUT2D eigenvalue weighted by Crippen LogP contribution is -2.05. The quantitative estimate of drug-likeness (QED) is 0.674. The van der Waals surface area contributed by atoms with E-state index in [-0.39, 0.29) is 11.7 Å². The zero-order valence-electron chi connectivity index (χ0n) is 11.1. The summed E-state index contributed by atoms with van der Waals surface area (Å²) in [5.41, 5.74) is 1.47. The van der Waals surface area contributed by atoms with E-state index in [0.717, 1.165) is 16.1 Å². The molecule has 0 saturated heterocycles. The van der Waals surface area contributed by atoms with Crippen LogP contribution in [0.5, 0.6) is 0 Å². The molecule has 0 bridgehead atoms. The molecule has 0 aliphatic heterocycles. The number of carbonyl (C=O) groups is 2. The van der Waals surface area contributed by atoms with Gasteiger partial charge in [0, 0.05) is 23.1 Å². The molecule has 0 radical (unpaired) electrons. The van der Waals surface area contributed by atoms with Gasteiger partial charge in [-0.3, -0.25) is 9.59 Å². The highest BCUT2D eigenvalue weighted by Crippen LogP contribution is 2.22. The molecule has 2 aromatic carbocycles. The van der Waals surface area contributed by atoms with Crippen LogP contribution in [0.1, 0.15) is 17.3 Å². The van der Waals surface area contributed by atoms with Gasteiger partial charge in [-0.1, -0.05) is 36.4 Å². The van der Waals surface area contributed by atoms with E-state index in [2.05, 4.69) is 5.32 Å². The van der Waals surface area contributed by atoms with Gasteiger partial charge in [-0.2, -0.15) is 0 Å². The van der Waals surface area contributed by atoms with Crippen molar-refractivity contribution in [3.8, 4) is 0 Å². The van der Waals surface area contributed by atoms with Crippen molar-refractivity contribution in [1.82, 2.24) is 0 Å². The van der Waals surface area contributed by atoms with Gasteiger partial charge in [0.15, 0.2) is 5.78 Å². The van der Waals surface area contributed by atoms with Gasteiger partial charge < -0.3 is 5.32 Å². The number of anilines is 1. The van der Waals surface area contributed by atoms with E-state index in [1.165, 1.54) is 18.7 Å². The SMILES string of the molecule is CC(=O)Nc1cccc(SCC(=O)c2ccccc2)c1. The molecule has 0 aliphatic carbocycles. The highest BCUT2D eigenvalue weighted by atomic mass is 32.2. The second-order valence-corrected chi connectivity index (χ2v) is 5.34. The summed E-state index contributed by atoms with van der Waals surface area (Å²) in [4.78, 5) is 24.0. The largest absolute Gasteiger partial charge is 0.326 e. The second kappa shape index (κ2) is 6.91. The number of nitrogens with one attached hydrogen (secondary N) is 1. The van der Waals surface area contributed by atoms with Crippen LogP contribution in [0.3, 0.4) is 0 Å². The predicted octanol–water partition coefficient (Wildman–Crippen LogP) is 3.62. The fraction of sp³-hybridized carbons (Fsp3) is 0.125. The van der Waals surface area contributed by atoms with Gasteiger partial charge in [0.2, 0.25) is 5.91 Å². The molecule has 102 valence electrons. The molecule has 1 amide bonds. The zero-order valence-corrected chi connectivity index (χ0v) is 11.9. The Labute approximate surface area is 122 Å². The van der Waals surface area contributed by atoms with Crippen molar-refractivity contribution < 1.29 is 9.59 Å². The summed E-state index contributed by atoms with van der Waals surface area (Å²) in [6, 6.07) is 16.7. The standard InChI is InChI=1S/C16H15NO2S/c1-12(18)17-14-8-5-9-15(10-14)20-11-16(19)13-6-3-2-4-7-13/h2-10H,11H2,1H3,(H,17,18). The van der Waals surface area contributed by atoms with Crippen molar-refractivity contribution in [3.05, 3.63) is 60.2 Å². The average molecular weight is 285 g/mol. The Kier molecular flexibility index (Phi) is 4.96. The Bertz CT molecular complexity index is 611. The summed E-state index contributed by atoms with van der Waals surface area (Å²) >= 11 is 1.46. The summed E-state index contributed by atoms with van der Waals surface area (Å²) in [5, 5.41) is 2.73. The molecule has 0 saturated carbocycles. The monoisotopic (exact) mass is 285 g/mol. The Balaban J connectivity index is 1.97. The number of hydrogen-bond donors (Lipinski definition) is 1. The summed E-state index contributed by atoms with van der Waals surface area (Å²) in [5.74, 6) is 0.376. The van der Waals surface area contributed by atoms with E-state index in [9.17, 15) is 9.59 Å². The van der Waals surface area contributed by atoms with Crippen molar-refractivity contribution in [2.75, 3.05) is 11.1 Å². The summed E-state index contributed by atoms with van der Waals surface area (Å²) in [6.07, 6.45) is 0.